The monoisotopic (exact) mass is 369 g/mol. The van der Waals surface area contributed by atoms with E-state index in [1.54, 1.807) is 0 Å². The van der Waals surface area contributed by atoms with E-state index < -0.39 is 8.07 Å². The van der Waals surface area contributed by atoms with Crippen LogP contribution >= 0.6 is 0 Å². The summed E-state index contributed by atoms with van der Waals surface area (Å²) < 4.78 is 5.37. The normalized spacial score (nSPS) is 12.3. The third kappa shape index (κ3) is 6.48. The largest absolute Gasteiger partial charge is 0.461 e. The summed E-state index contributed by atoms with van der Waals surface area (Å²) in [4.78, 5) is 25.0. The first-order valence-corrected chi connectivity index (χ1v) is 12.4. The van der Waals surface area contributed by atoms with Crippen LogP contribution in [0.5, 0.6) is 0 Å². The second-order valence-corrected chi connectivity index (χ2v) is 12.9. The van der Waals surface area contributed by atoms with E-state index in [0.29, 0.717) is 6.54 Å². The third-order valence-corrected chi connectivity index (χ3v) is 6.84. The maximum atomic E-state index is 12.7. The molecular formula is C21H27NO3Si. The summed E-state index contributed by atoms with van der Waals surface area (Å²) in [6.45, 7) is 7.02. The van der Waals surface area contributed by atoms with Crippen LogP contribution in [-0.4, -0.2) is 20.0 Å². The minimum absolute atomic E-state index is 0.0651. The van der Waals surface area contributed by atoms with Crippen molar-refractivity contribution in [2.45, 2.75) is 44.8 Å². The highest BCUT2D eigenvalue weighted by molar-refractivity contribution is 6.80. The average molecular weight is 370 g/mol. The molecule has 0 aromatic heterocycles. The van der Waals surface area contributed by atoms with E-state index >= 15 is 0 Å². The van der Waals surface area contributed by atoms with Crippen LogP contribution in [0.1, 0.15) is 17.5 Å². The molecule has 2 aromatic rings. The predicted molar refractivity (Wildman–Crippen MR) is 106 cm³/mol. The number of esters is 1. The zero-order valence-electron chi connectivity index (χ0n) is 15.7. The highest BCUT2D eigenvalue weighted by Gasteiger charge is 2.35. The van der Waals surface area contributed by atoms with Crippen LogP contribution in [-0.2, 0) is 27.5 Å². The molecule has 0 heterocycles. The van der Waals surface area contributed by atoms with Crippen LogP contribution in [0.15, 0.2) is 60.7 Å². The number of hydrogen-bond acceptors (Lipinski definition) is 3. The smallest absolute Gasteiger partial charge is 0.306 e. The average Bonchev–Trinajstić information content (AvgIpc) is 2.63. The zero-order chi connectivity index (χ0) is 19.0. The minimum Gasteiger partial charge on any atom is -0.461 e. The predicted octanol–water partition coefficient (Wildman–Crippen LogP) is 4.14. The molecule has 1 amide bonds. The van der Waals surface area contributed by atoms with Crippen LogP contribution in [0.4, 0.5) is 0 Å². The zero-order valence-corrected chi connectivity index (χ0v) is 16.7. The number of hydrogen-bond donors (Lipinski definition) is 1. The number of nitrogens with one attached hydrogen (secondary N) is 1. The molecule has 0 saturated heterocycles. The fourth-order valence-corrected chi connectivity index (χ4v) is 4.33. The Labute approximate surface area is 156 Å². The molecule has 0 saturated carbocycles. The number of carbonyl (C=O) groups excluding carboxylic acids is 2. The summed E-state index contributed by atoms with van der Waals surface area (Å²) in [5.41, 5.74) is 1.68. The lowest BCUT2D eigenvalue weighted by molar-refractivity contribution is -0.146. The molecule has 2 rings (SSSR count). The molecular weight excluding hydrogens is 342 g/mol. The van der Waals surface area contributed by atoms with E-state index in [9.17, 15) is 9.59 Å². The van der Waals surface area contributed by atoms with Gasteiger partial charge in [-0.15, -0.1) is 0 Å². The molecule has 1 N–H and O–H groups in total. The first-order valence-electron chi connectivity index (χ1n) is 8.87. The van der Waals surface area contributed by atoms with Crippen LogP contribution in [0.25, 0.3) is 0 Å². The van der Waals surface area contributed by atoms with Gasteiger partial charge in [0.2, 0.25) is 5.91 Å². The number of ether oxygens (including phenoxy) is 1. The lowest BCUT2D eigenvalue weighted by Gasteiger charge is -2.27. The molecule has 2 aromatic carbocycles. The maximum Gasteiger partial charge on any atom is 0.306 e. The van der Waals surface area contributed by atoms with Gasteiger partial charge in [0.15, 0.2) is 0 Å². The highest BCUT2D eigenvalue weighted by Crippen LogP contribution is 2.26. The van der Waals surface area contributed by atoms with E-state index in [-0.39, 0.29) is 30.4 Å². The lowest BCUT2D eigenvalue weighted by atomic mass is 10.2. The second kappa shape index (κ2) is 9.34. The van der Waals surface area contributed by atoms with Crippen molar-refractivity contribution >= 4 is 20.0 Å². The van der Waals surface area contributed by atoms with Crippen LogP contribution in [0.3, 0.4) is 0 Å². The Morgan fingerprint density at radius 2 is 1.46 bits per heavy atom. The van der Waals surface area contributed by atoms with Gasteiger partial charge in [-0.2, -0.15) is 0 Å². The molecule has 0 radical (unpaired) electrons. The van der Waals surface area contributed by atoms with Gasteiger partial charge in [0.25, 0.3) is 0 Å². The standard InChI is InChI=1S/C21H27NO3Si/c1-26(2,3)19(21(24)22-15-17-10-6-4-7-11-17)14-20(23)25-16-18-12-8-5-9-13-18/h4-13,19H,14-16H2,1-3H3,(H,22,24). The van der Waals surface area contributed by atoms with Crippen molar-refractivity contribution in [1.29, 1.82) is 0 Å². The molecule has 0 fully saturated rings. The molecule has 0 aliphatic heterocycles. The van der Waals surface area contributed by atoms with Crippen molar-refractivity contribution in [3.8, 4) is 0 Å². The van der Waals surface area contributed by atoms with E-state index in [1.807, 2.05) is 60.7 Å². The van der Waals surface area contributed by atoms with Gasteiger partial charge in [0, 0.05) is 12.1 Å². The third-order valence-electron chi connectivity index (χ3n) is 4.28. The van der Waals surface area contributed by atoms with Gasteiger partial charge in [-0.1, -0.05) is 80.3 Å². The minimum atomic E-state index is -1.87. The highest BCUT2D eigenvalue weighted by atomic mass is 28.3. The van der Waals surface area contributed by atoms with Crippen molar-refractivity contribution in [2.24, 2.45) is 0 Å². The maximum absolute atomic E-state index is 12.7. The molecule has 1 unspecified atom stereocenters. The van der Waals surface area contributed by atoms with Crippen molar-refractivity contribution in [1.82, 2.24) is 5.32 Å². The van der Waals surface area contributed by atoms with Gasteiger partial charge in [-0.3, -0.25) is 9.59 Å². The first kappa shape index (κ1) is 19.9. The van der Waals surface area contributed by atoms with Crippen LogP contribution in [0.2, 0.25) is 25.2 Å². The SMILES string of the molecule is C[Si](C)(C)C(CC(=O)OCc1ccccc1)C(=O)NCc1ccccc1. The van der Waals surface area contributed by atoms with Gasteiger partial charge < -0.3 is 10.1 Å². The molecule has 0 aliphatic carbocycles. The summed E-state index contributed by atoms with van der Waals surface area (Å²) in [7, 11) is -1.87. The van der Waals surface area contributed by atoms with Crippen LogP contribution < -0.4 is 5.32 Å². The quantitative estimate of drug-likeness (QED) is 0.562. The Balaban J connectivity index is 1.91. The number of amides is 1. The van der Waals surface area contributed by atoms with Gasteiger partial charge in [-0.05, 0) is 11.1 Å². The first-order chi connectivity index (χ1) is 12.4. The Hall–Kier alpha value is -2.40. The fraction of sp³-hybridized carbons (Fsp3) is 0.333. The molecule has 0 spiro atoms. The molecule has 0 bridgehead atoms. The van der Waals surface area contributed by atoms with E-state index in [2.05, 4.69) is 25.0 Å². The summed E-state index contributed by atoms with van der Waals surface area (Å²) in [6.07, 6.45) is 0.128. The number of benzene rings is 2. The van der Waals surface area contributed by atoms with Crippen LogP contribution in [0, 0.1) is 0 Å². The fourth-order valence-electron chi connectivity index (χ4n) is 2.66. The van der Waals surface area contributed by atoms with Crippen molar-refractivity contribution in [3.63, 3.8) is 0 Å². The number of carbonyl (C=O) groups is 2. The molecule has 5 heteroatoms. The Bertz CT molecular complexity index is 711. The van der Waals surface area contributed by atoms with E-state index in [1.165, 1.54) is 0 Å². The Morgan fingerprint density at radius 1 is 0.923 bits per heavy atom. The topological polar surface area (TPSA) is 55.4 Å². The van der Waals surface area contributed by atoms with Crippen molar-refractivity contribution in [2.75, 3.05) is 0 Å². The summed E-state index contributed by atoms with van der Waals surface area (Å²) in [5.74, 6) is -0.388. The van der Waals surface area contributed by atoms with Gasteiger partial charge in [-0.25, -0.2) is 0 Å². The van der Waals surface area contributed by atoms with Gasteiger partial charge in [0.05, 0.1) is 14.5 Å². The molecule has 26 heavy (non-hydrogen) atoms. The molecule has 1 atom stereocenters. The van der Waals surface area contributed by atoms with Crippen molar-refractivity contribution in [3.05, 3.63) is 71.8 Å². The summed E-state index contributed by atoms with van der Waals surface area (Å²) in [5, 5.41) is 2.97. The summed E-state index contributed by atoms with van der Waals surface area (Å²) >= 11 is 0. The molecule has 4 nitrogen and oxygen atoms in total. The molecule has 0 aliphatic rings. The Kier molecular flexibility index (Phi) is 7.15. The van der Waals surface area contributed by atoms with Gasteiger partial charge >= 0.3 is 5.97 Å². The van der Waals surface area contributed by atoms with E-state index in [4.69, 9.17) is 4.74 Å². The molecule has 138 valence electrons. The summed E-state index contributed by atoms with van der Waals surface area (Å²) in [6, 6.07) is 19.3. The van der Waals surface area contributed by atoms with Gasteiger partial charge in [0.1, 0.15) is 6.61 Å². The Morgan fingerprint density at radius 3 is 2.00 bits per heavy atom. The number of rotatable bonds is 8. The van der Waals surface area contributed by atoms with Crippen molar-refractivity contribution < 1.29 is 14.3 Å². The second-order valence-electron chi connectivity index (χ2n) is 7.47. The lowest BCUT2D eigenvalue weighted by Crippen LogP contribution is -2.41. The van der Waals surface area contributed by atoms with E-state index in [0.717, 1.165) is 11.1 Å².